The highest BCUT2D eigenvalue weighted by molar-refractivity contribution is 6.30. The van der Waals surface area contributed by atoms with E-state index in [4.69, 9.17) is 16.3 Å². The molecule has 0 N–H and O–H groups in total. The summed E-state index contributed by atoms with van der Waals surface area (Å²) < 4.78 is 6.96. The van der Waals surface area contributed by atoms with Crippen LogP contribution in [0.1, 0.15) is 34.2 Å². The highest BCUT2D eigenvalue weighted by Crippen LogP contribution is 2.27. The van der Waals surface area contributed by atoms with Gasteiger partial charge >= 0.3 is 5.97 Å². The lowest BCUT2D eigenvalue weighted by Gasteiger charge is -2.27. The summed E-state index contributed by atoms with van der Waals surface area (Å²) in [7, 11) is 0. The molecule has 0 saturated carbocycles. The fourth-order valence-electron chi connectivity index (χ4n) is 3.60. The number of amides is 1. The van der Waals surface area contributed by atoms with Gasteiger partial charge in [-0.2, -0.15) is 5.10 Å². The number of aromatic nitrogens is 2. The summed E-state index contributed by atoms with van der Waals surface area (Å²) in [6.07, 6.45) is 3.94. The van der Waals surface area contributed by atoms with Gasteiger partial charge in [-0.25, -0.2) is 9.48 Å². The predicted molar refractivity (Wildman–Crippen MR) is 119 cm³/mol. The van der Waals surface area contributed by atoms with Crippen LogP contribution in [0.25, 0.3) is 11.8 Å². The van der Waals surface area contributed by atoms with E-state index in [0.717, 1.165) is 22.5 Å². The monoisotopic (exact) mass is 435 g/mol. The molecule has 7 heteroatoms. The molecule has 0 fully saturated rings. The Morgan fingerprint density at radius 1 is 1.13 bits per heavy atom. The highest BCUT2D eigenvalue weighted by Gasteiger charge is 2.30. The Morgan fingerprint density at radius 2 is 1.87 bits per heavy atom. The van der Waals surface area contributed by atoms with Gasteiger partial charge in [0.05, 0.1) is 24.5 Å². The van der Waals surface area contributed by atoms with Crippen LogP contribution in [0.5, 0.6) is 0 Å². The van der Waals surface area contributed by atoms with E-state index in [0.29, 0.717) is 24.5 Å². The van der Waals surface area contributed by atoms with Crippen LogP contribution in [0, 0.1) is 0 Å². The maximum Gasteiger partial charge on any atom is 0.359 e. The molecule has 0 spiro atoms. The van der Waals surface area contributed by atoms with Gasteiger partial charge in [0.25, 0.3) is 0 Å². The Hall–Kier alpha value is -3.38. The van der Waals surface area contributed by atoms with Crippen molar-refractivity contribution in [2.45, 2.75) is 19.9 Å². The molecule has 0 atom stereocenters. The molecule has 1 aliphatic rings. The van der Waals surface area contributed by atoms with Crippen LogP contribution in [0.4, 0.5) is 0 Å². The molecular weight excluding hydrogens is 414 g/mol. The van der Waals surface area contributed by atoms with Crippen molar-refractivity contribution in [2.24, 2.45) is 0 Å². The molecule has 0 saturated heterocycles. The first kappa shape index (κ1) is 20.9. The number of carbonyl (C=O) groups excluding carboxylic acids is 2. The summed E-state index contributed by atoms with van der Waals surface area (Å²) in [6, 6.07) is 16.9. The van der Waals surface area contributed by atoms with Crippen LogP contribution < -0.4 is 0 Å². The van der Waals surface area contributed by atoms with E-state index >= 15 is 0 Å². The fraction of sp³-hybridized carbons (Fsp3) is 0.208. The van der Waals surface area contributed by atoms with Crippen molar-refractivity contribution in [1.82, 2.24) is 14.7 Å². The molecule has 31 heavy (non-hydrogen) atoms. The van der Waals surface area contributed by atoms with Gasteiger partial charge < -0.3 is 9.64 Å². The lowest BCUT2D eigenvalue weighted by atomic mass is 10.0. The Morgan fingerprint density at radius 3 is 2.58 bits per heavy atom. The number of hydrogen-bond acceptors (Lipinski definition) is 4. The number of benzene rings is 2. The van der Waals surface area contributed by atoms with Crippen molar-refractivity contribution in [2.75, 3.05) is 13.2 Å². The normalized spacial score (nSPS) is 13.3. The molecule has 1 amide bonds. The maximum atomic E-state index is 12.8. The Labute approximate surface area is 185 Å². The summed E-state index contributed by atoms with van der Waals surface area (Å²) in [4.78, 5) is 27.1. The summed E-state index contributed by atoms with van der Waals surface area (Å²) >= 11 is 6.01. The van der Waals surface area contributed by atoms with Crippen molar-refractivity contribution in [3.63, 3.8) is 0 Å². The van der Waals surface area contributed by atoms with E-state index in [2.05, 4.69) is 5.10 Å². The zero-order chi connectivity index (χ0) is 21.8. The SMILES string of the molecule is CCOC(=O)c1nn(-c2ccc(Cl)cc2)c2c1CN(C(=O)/C=C/c1ccccc1)CC2. The summed E-state index contributed by atoms with van der Waals surface area (Å²) in [5, 5.41) is 5.16. The number of rotatable bonds is 5. The second-order valence-corrected chi connectivity index (χ2v) is 7.57. The van der Waals surface area contributed by atoms with Crippen LogP contribution in [0.2, 0.25) is 5.02 Å². The highest BCUT2D eigenvalue weighted by atomic mass is 35.5. The molecular formula is C24H22ClN3O3. The third kappa shape index (κ3) is 4.54. The molecule has 0 aliphatic carbocycles. The second kappa shape index (κ2) is 9.18. The van der Waals surface area contributed by atoms with Gasteiger partial charge in [-0.1, -0.05) is 41.9 Å². The van der Waals surface area contributed by atoms with Crippen LogP contribution in [0.15, 0.2) is 60.7 Å². The van der Waals surface area contributed by atoms with E-state index in [-0.39, 0.29) is 18.2 Å². The van der Waals surface area contributed by atoms with E-state index in [9.17, 15) is 9.59 Å². The average Bonchev–Trinajstić information content (AvgIpc) is 3.18. The molecule has 0 radical (unpaired) electrons. The molecule has 4 rings (SSSR count). The van der Waals surface area contributed by atoms with Gasteiger partial charge in [-0.15, -0.1) is 0 Å². The van der Waals surface area contributed by atoms with Crippen molar-refractivity contribution in [1.29, 1.82) is 0 Å². The van der Waals surface area contributed by atoms with Crippen LogP contribution in [-0.4, -0.2) is 39.7 Å². The minimum Gasteiger partial charge on any atom is -0.461 e. The van der Waals surface area contributed by atoms with Gasteiger partial charge in [0.1, 0.15) is 0 Å². The summed E-state index contributed by atoms with van der Waals surface area (Å²) in [5.74, 6) is -0.593. The zero-order valence-corrected chi connectivity index (χ0v) is 17.9. The largest absolute Gasteiger partial charge is 0.461 e. The van der Waals surface area contributed by atoms with Crippen molar-refractivity contribution < 1.29 is 14.3 Å². The van der Waals surface area contributed by atoms with E-state index in [1.807, 2.05) is 42.5 Å². The average molecular weight is 436 g/mol. The first-order chi connectivity index (χ1) is 15.1. The van der Waals surface area contributed by atoms with Gasteiger partial charge in [0, 0.05) is 29.6 Å². The maximum absolute atomic E-state index is 12.8. The van der Waals surface area contributed by atoms with Crippen LogP contribution >= 0.6 is 11.6 Å². The predicted octanol–water partition coefficient (Wildman–Crippen LogP) is 4.30. The number of nitrogens with zero attached hydrogens (tertiary/aromatic N) is 3. The molecule has 1 aromatic heterocycles. The van der Waals surface area contributed by atoms with Gasteiger partial charge in [-0.05, 0) is 42.8 Å². The topological polar surface area (TPSA) is 64.4 Å². The summed E-state index contributed by atoms with van der Waals surface area (Å²) in [5.41, 5.74) is 3.63. The molecule has 1 aliphatic heterocycles. The molecule has 3 aromatic rings. The minimum atomic E-state index is -0.486. The molecule has 6 nitrogen and oxygen atoms in total. The first-order valence-corrected chi connectivity index (χ1v) is 10.5. The number of carbonyl (C=O) groups is 2. The quantitative estimate of drug-likeness (QED) is 0.442. The number of fused-ring (bicyclic) bond motifs is 1. The first-order valence-electron chi connectivity index (χ1n) is 10.1. The molecule has 0 unspecified atom stereocenters. The lowest BCUT2D eigenvalue weighted by molar-refractivity contribution is -0.126. The standard InChI is InChI=1S/C24H22ClN3O3/c1-2-31-24(30)23-20-16-27(22(29)13-8-17-6-4-3-5-7-17)15-14-21(20)28(26-23)19-11-9-18(25)10-12-19/h3-13H,2,14-16H2,1H3/b13-8+. The Kier molecular flexibility index (Phi) is 6.18. The van der Waals surface area contributed by atoms with Crippen molar-refractivity contribution >= 4 is 29.6 Å². The minimum absolute atomic E-state index is 0.108. The zero-order valence-electron chi connectivity index (χ0n) is 17.1. The number of halogens is 1. The van der Waals surface area contributed by atoms with E-state index in [1.54, 1.807) is 40.8 Å². The molecule has 2 heterocycles. The third-order valence-corrected chi connectivity index (χ3v) is 5.38. The third-order valence-electron chi connectivity index (χ3n) is 5.13. The van der Waals surface area contributed by atoms with Gasteiger partial charge in [0.15, 0.2) is 5.69 Å². The Balaban J connectivity index is 1.63. The van der Waals surface area contributed by atoms with Crippen LogP contribution in [-0.2, 0) is 22.5 Å². The van der Waals surface area contributed by atoms with E-state index in [1.165, 1.54) is 0 Å². The number of esters is 1. The van der Waals surface area contributed by atoms with Crippen molar-refractivity contribution in [3.8, 4) is 5.69 Å². The van der Waals surface area contributed by atoms with Crippen LogP contribution in [0.3, 0.4) is 0 Å². The smallest absolute Gasteiger partial charge is 0.359 e. The molecule has 2 aromatic carbocycles. The summed E-state index contributed by atoms with van der Waals surface area (Å²) in [6.45, 7) is 2.84. The van der Waals surface area contributed by atoms with Gasteiger partial charge in [0.2, 0.25) is 5.91 Å². The fourth-order valence-corrected chi connectivity index (χ4v) is 3.73. The second-order valence-electron chi connectivity index (χ2n) is 7.14. The van der Waals surface area contributed by atoms with Crippen molar-refractivity contribution in [3.05, 3.63) is 88.2 Å². The molecule has 0 bridgehead atoms. The van der Waals surface area contributed by atoms with E-state index < -0.39 is 5.97 Å². The van der Waals surface area contributed by atoms with Gasteiger partial charge in [-0.3, -0.25) is 4.79 Å². The number of hydrogen-bond donors (Lipinski definition) is 0. The Bertz CT molecular complexity index is 1120. The number of ether oxygens (including phenoxy) is 1. The molecule has 158 valence electrons. The lowest BCUT2D eigenvalue weighted by Crippen LogP contribution is -2.35.